The van der Waals surface area contributed by atoms with Crippen molar-refractivity contribution in [1.82, 2.24) is 5.32 Å². The Kier molecular flexibility index (Phi) is 5.92. The summed E-state index contributed by atoms with van der Waals surface area (Å²) < 4.78 is 11.8. The van der Waals surface area contributed by atoms with Crippen LogP contribution in [0.3, 0.4) is 0 Å². The van der Waals surface area contributed by atoms with Crippen LogP contribution in [0.1, 0.15) is 57.6 Å². The van der Waals surface area contributed by atoms with Gasteiger partial charge < -0.3 is 14.8 Å². The summed E-state index contributed by atoms with van der Waals surface area (Å²) in [6.45, 7) is 4.41. The van der Waals surface area contributed by atoms with Gasteiger partial charge >= 0.3 is 0 Å². The molecule has 1 fully saturated rings. The molecule has 0 aromatic heterocycles. The third kappa shape index (κ3) is 3.91. The molecule has 3 unspecified atom stereocenters. The van der Waals surface area contributed by atoms with Gasteiger partial charge in [-0.05, 0) is 63.3 Å². The van der Waals surface area contributed by atoms with Gasteiger partial charge in [0.05, 0.1) is 7.11 Å². The highest BCUT2D eigenvalue weighted by molar-refractivity contribution is 5.44. The van der Waals surface area contributed by atoms with E-state index in [0.29, 0.717) is 18.1 Å². The molecule has 2 rings (SSSR count). The number of ether oxygens (including phenoxy) is 2. The fraction of sp³-hybridized carbons (Fsp3) is 0.667. The predicted molar refractivity (Wildman–Crippen MR) is 87.1 cm³/mol. The molecule has 0 saturated heterocycles. The zero-order chi connectivity index (χ0) is 15.2. The van der Waals surface area contributed by atoms with E-state index in [2.05, 4.69) is 37.4 Å². The van der Waals surface area contributed by atoms with Gasteiger partial charge in [-0.2, -0.15) is 0 Å². The number of hydrogen-bond acceptors (Lipinski definition) is 3. The molecule has 3 nitrogen and oxygen atoms in total. The van der Waals surface area contributed by atoms with Gasteiger partial charge in [0, 0.05) is 6.04 Å². The largest absolute Gasteiger partial charge is 0.493 e. The fourth-order valence-corrected chi connectivity index (χ4v) is 3.18. The first-order valence-electron chi connectivity index (χ1n) is 8.21. The molecule has 3 heteroatoms. The monoisotopic (exact) mass is 291 g/mol. The Morgan fingerprint density at radius 2 is 2.00 bits per heavy atom. The lowest BCUT2D eigenvalue weighted by molar-refractivity contribution is 0.0873. The SMILES string of the molecule is CCC1CCCCC1Oc1ccc(C(C)NC)cc1OC. The molecule has 0 spiro atoms. The highest BCUT2D eigenvalue weighted by Crippen LogP contribution is 2.35. The predicted octanol–water partition coefficient (Wildman–Crippen LogP) is 4.32. The summed E-state index contributed by atoms with van der Waals surface area (Å²) in [5.41, 5.74) is 1.22. The van der Waals surface area contributed by atoms with E-state index < -0.39 is 0 Å². The summed E-state index contributed by atoms with van der Waals surface area (Å²) in [5.74, 6) is 2.41. The smallest absolute Gasteiger partial charge is 0.161 e. The van der Waals surface area contributed by atoms with Gasteiger partial charge in [0.1, 0.15) is 6.10 Å². The van der Waals surface area contributed by atoms with Gasteiger partial charge in [-0.1, -0.05) is 19.4 Å². The molecule has 0 amide bonds. The summed E-state index contributed by atoms with van der Waals surface area (Å²) in [4.78, 5) is 0. The first kappa shape index (κ1) is 16.2. The molecule has 118 valence electrons. The average molecular weight is 291 g/mol. The average Bonchev–Trinajstić information content (AvgIpc) is 2.54. The van der Waals surface area contributed by atoms with Crippen LogP contribution < -0.4 is 14.8 Å². The molecule has 0 bridgehead atoms. The summed E-state index contributed by atoms with van der Waals surface area (Å²) in [6.07, 6.45) is 6.61. The lowest BCUT2D eigenvalue weighted by Crippen LogP contribution is -2.30. The molecule has 1 saturated carbocycles. The summed E-state index contributed by atoms with van der Waals surface area (Å²) in [7, 11) is 3.68. The van der Waals surface area contributed by atoms with E-state index in [1.807, 2.05) is 7.05 Å². The molecule has 1 N–H and O–H groups in total. The topological polar surface area (TPSA) is 30.5 Å². The maximum absolute atomic E-state index is 6.30. The summed E-state index contributed by atoms with van der Waals surface area (Å²) in [5, 5.41) is 3.25. The summed E-state index contributed by atoms with van der Waals surface area (Å²) in [6, 6.07) is 6.58. The number of benzene rings is 1. The van der Waals surface area contributed by atoms with E-state index in [1.165, 1.54) is 31.2 Å². The Morgan fingerprint density at radius 1 is 1.24 bits per heavy atom. The van der Waals surface area contributed by atoms with E-state index >= 15 is 0 Å². The molecule has 21 heavy (non-hydrogen) atoms. The van der Waals surface area contributed by atoms with E-state index in [0.717, 1.165) is 17.9 Å². The van der Waals surface area contributed by atoms with Crippen LogP contribution in [0.4, 0.5) is 0 Å². The van der Waals surface area contributed by atoms with Crippen molar-refractivity contribution in [1.29, 1.82) is 0 Å². The molecule has 0 heterocycles. The molecule has 1 aliphatic rings. The van der Waals surface area contributed by atoms with Crippen LogP contribution in [0.25, 0.3) is 0 Å². The third-order valence-electron chi connectivity index (χ3n) is 4.76. The van der Waals surface area contributed by atoms with Gasteiger partial charge in [0.2, 0.25) is 0 Å². The van der Waals surface area contributed by atoms with E-state index in [9.17, 15) is 0 Å². The Bertz CT molecular complexity index is 447. The van der Waals surface area contributed by atoms with Crippen molar-refractivity contribution < 1.29 is 9.47 Å². The van der Waals surface area contributed by atoms with Crippen molar-refractivity contribution in [2.24, 2.45) is 5.92 Å². The van der Waals surface area contributed by atoms with Crippen molar-refractivity contribution in [2.45, 2.75) is 58.1 Å². The molecule has 3 atom stereocenters. The van der Waals surface area contributed by atoms with Crippen molar-refractivity contribution >= 4 is 0 Å². The van der Waals surface area contributed by atoms with Gasteiger partial charge in [-0.3, -0.25) is 0 Å². The molecule has 0 aliphatic heterocycles. The van der Waals surface area contributed by atoms with Crippen LogP contribution in [0.5, 0.6) is 11.5 Å². The molecule has 1 aromatic carbocycles. The second kappa shape index (κ2) is 7.69. The maximum atomic E-state index is 6.30. The number of hydrogen-bond donors (Lipinski definition) is 1. The van der Waals surface area contributed by atoms with E-state index in [4.69, 9.17) is 9.47 Å². The first-order chi connectivity index (χ1) is 10.2. The molecular formula is C18H29NO2. The maximum Gasteiger partial charge on any atom is 0.161 e. The lowest BCUT2D eigenvalue weighted by atomic mass is 9.85. The zero-order valence-corrected chi connectivity index (χ0v) is 13.8. The minimum atomic E-state index is 0.311. The molecule has 0 radical (unpaired) electrons. The van der Waals surface area contributed by atoms with Crippen molar-refractivity contribution in [2.75, 3.05) is 14.2 Å². The van der Waals surface area contributed by atoms with Crippen LogP contribution in [-0.4, -0.2) is 20.3 Å². The first-order valence-corrected chi connectivity index (χ1v) is 8.21. The zero-order valence-electron chi connectivity index (χ0n) is 13.8. The number of nitrogens with one attached hydrogen (secondary N) is 1. The number of rotatable bonds is 6. The van der Waals surface area contributed by atoms with Crippen LogP contribution in [0.2, 0.25) is 0 Å². The van der Waals surface area contributed by atoms with Gasteiger partial charge in [-0.15, -0.1) is 0 Å². The van der Waals surface area contributed by atoms with Crippen molar-refractivity contribution in [3.05, 3.63) is 23.8 Å². The third-order valence-corrected chi connectivity index (χ3v) is 4.76. The Labute approximate surface area is 129 Å². The molecule has 1 aliphatic carbocycles. The fourth-order valence-electron chi connectivity index (χ4n) is 3.18. The van der Waals surface area contributed by atoms with Crippen molar-refractivity contribution in [3.8, 4) is 11.5 Å². The minimum Gasteiger partial charge on any atom is -0.493 e. The second-order valence-electron chi connectivity index (χ2n) is 6.03. The quantitative estimate of drug-likeness (QED) is 0.846. The Balaban J connectivity index is 2.15. The lowest BCUT2D eigenvalue weighted by Gasteiger charge is -2.31. The molecule has 1 aromatic rings. The van der Waals surface area contributed by atoms with Crippen LogP contribution in [-0.2, 0) is 0 Å². The highest BCUT2D eigenvalue weighted by atomic mass is 16.5. The van der Waals surface area contributed by atoms with Crippen LogP contribution >= 0.6 is 0 Å². The summed E-state index contributed by atoms with van der Waals surface area (Å²) >= 11 is 0. The second-order valence-corrected chi connectivity index (χ2v) is 6.03. The van der Waals surface area contributed by atoms with Crippen molar-refractivity contribution in [3.63, 3.8) is 0 Å². The normalized spacial score (nSPS) is 23.6. The van der Waals surface area contributed by atoms with E-state index in [1.54, 1.807) is 7.11 Å². The molecular weight excluding hydrogens is 262 g/mol. The van der Waals surface area contributed by atoms with E-state index in [-0.39, 0.29) is 0 Å². The van der Waals surface area contributed by atoms with Crippen LogP contribution in [0, 0.1) is 5.92 Å². The van der Waals surface area contributed by atoms with Gasteiger partial charge in [0.15, 0.2) is 11.5 Å². The van der Waals surface area contributed by atoms with Gasteiger partial charge in [0.25, 0.3) is 0 Å². The minimum absolute atomic E-state index is 0.311. The number of methoxy groups -OCH3 is 1. The van der Waals surface area contributed by atoms with Crippen LogP contribution in [0.15, 0.2) is 18.2 Å². The Morgan fingerprint density at radius 3 is 2.67 bits per heavy atom. The standard InChI is InChI=1S/C18H29NO2/c1-5-14-8-6-7-9-16(14)21-17-11-10-15(13(2)19-3)12-18(17)20-4/h10-14,16,19H,5-9H2,1-4H3. The highest BCUT2D eigenvalue weighted by Gasteiger charge is 2.26. The van der Waals surface area contributed by atoms with Gasteiger partial charge in [-0.25, -0.2) is 0 Å². The Hall–Kier alpha value is -1.22.